The highest BCUT2D eigenvalue weighted by molar-refractivity contribution is 6.31. The molecule has 6 heteroatoms. The summed E-state index contributed by atoms with van der Waals surface area (Å²) in [7, 11) is 3.26. The third-order valence-corrected chi connectivity index (χ3v) is 6.26. The molecule has 170 valence electrons. The molecule has 0 radical (unpaired) electrons. The van der Waals surface area contributed by atoms with Gasteiger partial charge in [0.25, 0.3) is 0 Å². The van der Waals surface area contributed by atoms with Crippen LogP contribution in [0.25, 0.3) is 10.9 Å². The molecule has 1 aromatic heterocycles. The van der Waals surface area contributed by atoms with E-state index in [9.17, 15) is 4.79 Å². The largest absolute Gasteiger partial charge is 0.493 e. The van der Waals surface area contributed by atoms with Crippen molar-refractivity contribution in [3.05, 3.63) is 94.6 Å². The molecular formula is C27H27ClN2O3. The normalized spacial score (nSPS) is 11.8. The van der Waals surface area contributed by atoms with Crippen molar-refractivity contribution in [1.29, 1.82) is 0 Å². The lowest BCUT2D eigenvalue weighted by atomic mass is 9.89. The summed E-state index contributed by atoms with van der Waals surface area (Å²) in [5.74, 6) is 1.17. The molecule has 4 aromatic rings. The molecule has 0 bridgehead atoms. The van der Waals surface area contributed by atoms with Crippen molar-refractivity contribution in [1.82, 2.24) is 10.3 Å². The van der Waals surface area contributed by atoms with Gasteiger partial charge in [0, 0.05) is 46.6 Å². The van der Waals surface area contributed by atoms with Crippen LogP contribution in [-0.4, -0.2) is 31.7 Å². The number of carbonyl (C=O) groups is 1. The van der Waals surface area contributed by atoms with Crippen LogP contribution in [0, 0.1) is 0 Å². The average Bonchev–Trinajstić information content (AvgIpc) is 3.27. The third-order valence-electron chi connectivity index (χ3n) is 5.89. The van der Waals surface area contributed by atoms with Crippen LogP contribution in [0.15, 0.2) is 72.9 Å². The Kier molecular flexibility index (Phi) is 7.20. The van der Waals surface area contributed by atoms with Crippen molar-refractivity contribution < 1.29 is 14.3 Å². The van der Waals surface area contributed by atoms with E-state index in [0.717, 1.165) is 27.6 Å². The van der Waals surface area contributed by atoms with Crippen molar-refractivity contribution >= 4 is 28.4 Å². The lowest BCUT2D eigenvalue weighted by molar-refractivity contribution is -0.121. The second-order valence-corrected chi connectivity index (χ2v) is 8.23. The number of aryl methyl sites for hydroxylation is 1. The maximum atomic E-state index is 12.8. The summed E-state index contributed by atoms with van der Waals surface area (Å²) < 4.78 is 11.2. The predicted octanol–water partition coefficient (Wildman–Crippen LogP) is 5.72. The minimum Gasteiger partial charge on any atom is -0.493 e. The molecule has 1 unspecified atom stereocenters. The summed E-state index contributed by atoms with van der Waals surface area (Å²) in [6.07, 6.45) is 2.95. The number of nitrogens with one attached hydrogen (secondary N) is 2. The van der Waals surface area contributed by atoms with Crippen LogP contribution in [0.1, 0.15) is 29.0 Å². The molecule has 0 aliphatic carbocycles. The lowest BCUT2D eigenvalue weighted by Gasteiger charge is -2.22. The summed E-state index contributed by atoms with van der Waals surface area (Å²) in [6.45, 7) is 0.423. The van der Waals surface area contributed by atoms with Crippen molar-refractivity contribution in [2.24, 2.45) is 0 Å². The van der Waals surface area contributed by atoms with Gasteiger partial charge in [-0.05, 0) is 35.7 Å². The number of hydrogen-bond acceptors (Lipinski definition) is 3. The maximum absolute atomic E-state index is 12.8. The molecule has 1 heterocycles. The number of carbonyl (C=O) groups excluding carboxylic acids is 1. The fraction of sp³-hybridized carbons (Fsp3) is 0.222. The highest BCUT2D eigenvalue weighted by Gasteiger charge is 2.24. The Balaban J connectivity index is 1.60. The smallest absolute Gasteiger partial charge is 0.220 e. The first-order valence-electron chi connectivity index (χ1n) is 10.9. The number of benzene rings is 3. The number of aromatic amines is 1. The van der Waals surface area contributed by atoms with Gasteiger partial charge < -0.3 is 19.8 Å². The minimum atomic E-state index is -0.129. The Morgan fingerprint density at radius 3 is 2.55 bits per heavy atom. The Morgan fingerprint density at radius 2 is 1.76 bits per heavy atom. The molecule has 0 aliphatic rings. The Morgan fingerprint density at radius 1 is 0.970 bits per heavy atom. The van der Waals surface area contributed by atoms with E-state index in [2.05, 4.69) is 16.4 Å². The van der Waals surface area contributed by atoms with Gasteiger partial charge >= 0.3 is 0 Å². The first-order chi connectivity index (χ1) is 16.1. The van der Waals surface area contributed by atoms with Gasteiger partial charge in [-0.15, -0.1) is 0 Å². The van der Waals surface area contributed by atoms with E-state index in [0.29, 0.717) is 35.9 Å². The number of para-hydroxylation sites is 2. The predicted molar refractivity (Wildman–Crippen MR) is 132 cm³/mol. The second-order valence-electron chi connectivity index (χ2n) is 7.82. The molecule has 0 aliphatic heterocycles. The van der Waals surface area contributed by atoms with Crippen LogP contribution in [0.2, 0.25) is 5.02 Å². The van der Waals surface area contributed by atoms with E-state index < -0.39 is 0 Å². The number of H-pyrrole nitrogens is 1. The topological polar surface area (TPSA) is 63.3 Å². The SMILES string of the molecule is COc1cccc(C(CNC(=O)CCc2ccccc2Cl)c2c[nH]c3ccccc23)c1OC. The molecule has 1 amide bonds. The number of amides is 1. The summed E-state index contributed by atoms with van der Waals surface area (Å²) >= 11 is 6.24. The first-order valence-corrected chi connectivity index (χ1v) is 11.3. The van der Waals surface area contributed by atoms with E-state index in [4.69, 9.17) is 21.1 Å². The molecule has 5 nitrogen and oxygen atoms in total. The highest BCUT2D eigenvalue weighted by Crippen LogP contribution is 2.40. The summed E-state index contributed by atoms with van der Waals surface area (Å²) in [5.41, 5.74) is 4.05. The third kappa shape index (κ3) is 4.99. The number of fused-ring (bicyclic) bond motifs is 1. The molecule has 0 spiro atoms. The van der Waals surface area contributed by atoms with Crippen LogP contribution >= 0.6 is 11.6 Å². The molecule has 0 saturated carbocycles. The van der Waals surface area contributed by atoms with Crippen molar-refractivity contribution in [3.63, 3.8) is 0 Å². The molecule has 4 rings (SSSR count). The molecule has 0 fully saturated rings. The van der Waals surface area contributed by atoms with Crippen molar-refractivity contribution in [2.75, 3.05) is 20.8 Å². The van der Waals surface area contributed by atoms with Gasteiger partial charge in [0.1, 0.15) is 0 Å². The van der Waals surface area contributed by atoms with Gasteiger partial charge in [-0.1, -0.05) is 60.1 Å². The number of methoxy groups -OCH3 is 2. The van der Waals surface area contributed by atoms with E-state index >= 15 is 0 Å². The number of halogens is 1. The van der Waals surface area contributed by atoms with Gasteiger partial charge in [0.2, 0.25) is 5.91 Å². The lowest BCUT2D eigenvalue weighted by Crippen LogP contribution is -2.29. The Labute approximate surface area is 198 Å². The van der Waals surface area contributed by atoms with E-state index in [1.165, 1.54) is 0 Å². The van der Waals surface area contributed by atoms with Gasteiger partial charge in [-0.3, -0.25) is 4.79 Å². The maximum Gasteiger partial charge on any atom is 0.220 e. The second kappa shape index (κ2) is 10.5. The fourth-order valence-electron chi connectivity index (χ4n) is 4.21. The molecule has 0 saturated heterocycles. The van der Waals surface area contributed by atoms with E-state index in [1.54, 1.807) is 14.2 Å². The number of rotatable bonds is 9. The molecule has 33 heavy (non-hydrogen) atoms. The van der Waals surface area contributed by atoms with Crippen LogP contribution in [0.3, 0.4) is 0 Å². The standard InChI is InChI=1S/C27H27ClN2O3/c1-32-25-13-7-10-20(27(25)33-2)22(21-16-29-24-12-6-4-9-19(21)24)17-30-26(31)15-14-18-8-3-5-11-23(18)28/h3-13,16,22,29H,14-15,17H2,1-2H3,(H,30,31). The number of ether oxygens (including phenoxy) is 2. The fourth-order valence-corrected chi connectivity index (χ4v) is 4.44. The van der Waals surface area contributed by atoms with E-state index in [-0.39, 0.29) is 11.8 Å². The Hall–Kier alpha value is -3.44. The monoisotopic (exact) mass is 462 g/mol. The quantitative estimate of drug-likeness (QED) is 0.334. The zero-order chi connectivity index (χ0) is 23.2. The van der Waals surface area contributed by atoms with Crippen LogP contribution in [-0.2, 0) is 11.2 Å². The summed E-state index contributed by atoms with van der Waals surface area (Å²) in [4.78, 5) is 16.1. The molecular weight excluding hydrogens is 436 g/mol. The molecule has 3 aromatic carbocycles. The summed E-state index contributed by atoms with van der Waals surface area (Å²) in [6, 6.07) is 21.6. The molecule has 2 N–H and O–H groups in total. The van der Waals surface area contributed by atoms with Gasteiger partial charge in [-0.25, -0.2) is 0 Å². The summed E-state index contributed by atoms with van der Waals surface area (Å²) in [5, 5.41) is 4.91. The van der Waals surface area contributed by atoms with Crippen LogP contribution < -0.4 is 14.8 Å². The van der Waals surface area contributed by atoms with Crippen LogP contribution in [0.5, 0.6) is 11.5 Å². The Bertz CT molecular complexity index is 1250. The van der Waals surface area contributed by atoms with Crippen molar-refractivity contribution in [3.8, 4) is 11.5 Å². The number of aromatic nitrogens is 1. The number of hydrogen-bond donors (Lipinski definition) is 2. The van der Waals surface area contributed by atoms with Gasteiger partial charge in [0.15, 0.2) is 11.5 Å². The molecule has 1 atom stereocenters. The van der Waals surface area contributed by atoms with Gasteiger partial charge in [-0.2, -0.15) is 0 Å². The van der Waals surface area contributed by atoms with Gasteiger partial charge in [0.05, 0.1) is 14.2 Å². The van der Waals surface area contributed by atoms with E-state index in [1.807, 2.05) is 66.9 Å². The highest BCUT2D eigenvalue weighted by atomic mass is 35.5. The minimum absolute atomic E-state index is 0.0263. The van der Waals surface area contributed by atoms with Crippen molar-refractivity contribution in [2.45, 2.75) is 18.8 Å². The first kappa shape index (κ1) is 22.7. The average molecular weight is 463 g/mol. The van der Waals surface area contributed by atoms with Crippen LogP contribution in [0.4, 0.5) is 0 Å². The zero-order valence-corrected chi connectivity index (χ0v) is 19.5. The zero-order valence-electron chi connectivity index (χ0n) is 18.7.